The first kappa shape index (κ1) is 42.1. The van der Waals surface area contributed by atoms with Crippen LogP contribution in [-0.2, 0) is 0 Å². The number of nitrogens with zero attached hydrogens (tertiary/aromatic N) is 2. The Bertz CT molecular complexity index is 2960. The second kappa shape index (κ2) is 18.5. The Kier molecular flexibility index (Phi) is 12.6. The van der Waals surface area contributed by atoms with Crippen LogP contribution < -0.4 is 9.80 Å². The smallest absolute Gasteiger partial charge is 0.0543 e. The molecule has 2 aliphatic rings. The first-order chi connectivity index (χ1) is 30.4. The molecule has 1 unspecified atom stereocenters. The van der Waals surface area contributed by atoms with Crippen LogP contribution in [0.2, 0.25) is 0 Å². The molecule has 8 aromatic rings. The molecule has 0 amide bonds. The monoisotopic (exact) mass is 808 g/mol. The lowest BCUT2D eigenvalue weighted by Gasteiger charge is -2.32. The molecule has 0 spiro atoms. The zero-order valence-corrected chi connectivity index (χ0v) is 37.8. The van der Waals surface area contributed by atoms with Gasteiger partial charge in [-0.2, -0.15) is 0 Å². The number of rotatable bonds is 8. The molecule has 8 aromatic carbocycles. The molecule has 2 aliphatic carbocycles. The molecule has 0 bridgehead atoms. The van der Waals surface area contributed by atoms with E-state index in [0.29, 0.717) is 5.92 Å². The van der Waals surface area contributed by atoms with Gasteiger partial charge in [0.25, 0.3) is 0 Å². The Morgan fingerprint density at radius 2 is 1.00 bits per heavy atom. The minimum absolute atomic E-state index is 0.375. The summed E-state index contributed by atoms with van der Waals surface area (Å²) in [4.78, 5) is 5.01. The fourth-order valence-electron chi connectivity index (χ4n) is 9.46. The first-order valence-corrected chi connectivity index (χ1v) is 22.8. The van der Waals surface area contributed by atoms with Crippen molar-refractivity contribution in [2.45, 2.75) is 80.6 Å². The van der Waals surface area contributed by atoms with Crippen molar-refractivity contribution in [3.05, 3.63) is 209 Å². The molecule has 0 saturated carbocycles. The molecule has 0 N–H and O–H groups in total. The minimum atomic E-state index is 0.375. The van der Waals surface area contributed by atoms with Crippen LogP contribution in [0.4, 0.5) is 34.1 Å². The van der Waals surface area contributed by atoms with Crippen LogP contribution in [-0.4, -0.2) is 0 Å². The van der Waals surface area contributed by atoms with Crippen LogP contribution in [0.3, 0.4) is 0 Å². The highest BCUT2D eigenvalue weighted by atomic mass is 15.2. The van der Waals surface area contributed by atoms with Gasteiger partial charge < -0.3 is 9.80 Å². The van der Waals surface area contributed by atoms with Gasteiger partial charge in [-0.3, -0.25) is 0 Å². The molecule has 0 aromatic heterocycles. The van der Waals surface area contributed by atoms with Crippen LogP contribution >= 0.6 is 0 Å². The molecule has 2 heteroatoms. The van der Waals surface area contributed by atoms with E-state index in [1.54, 1.807) is 0 Å². The quantitative estimate of drug-likeness (QED) is 0.141. The maximum absolute atomic E-state index is 2.52. The van der Waals surface area contributed by atoms with Gasteiger partial charge >= 0.3 is 0 Å². The summed E-state index contributed by atoms with van der Waals surface area (Å²) in [7, 11) is 0. The molecule has 62 heavy (non-hydrogen) atoms. The predicted octanol–water partition coefficient (Wildman–Crippen LogP) is 18.1. The Hall–Kier alpha value is -6.64. The molecule has 0 radical (unpaired) electrons. The Balaban J connectivity index is 0.00000129. The van der Waals surface area contributed by atoms with Gasteiger partial charge in [-0.25, -0.2) is 0 Å². The zero-order valence-electron chi connectivity index (χ0n) is 37.8. The van der Waals surface area contributed by atoms with Crippen LogP contribution in [0.15, 0.2) is 176 Å². The van der Waals surface area contributed by atoms with Gasteiger partial charge in [-0.05, 0) is 156 Å². The molecule has 10 rings (SSSR count). The fourth-order valence-corrected chi connectivity index (χ4v) is 9.46. The summed E-state index contributed by atoms with van der Waals surface area (Å²) in [5, 5.41) is 7.75. The summed E-state index contributed by atoms with van der Waals surface area (Å²) in [5.41, 5.74) is 16.0. The van der Waals surface area contributed by atoms with Crippen molar-refractivity contribution < 1.29 is 0 Å². The van der Waals surface area contributed by atoms with Crippen molar-refractivity contribution in [2.24, 2.45) is 0 Å². The highest BCUT2D eigenvalue weighted by molar-refractivity contribution is 6.29. The van der Waals surface area contributed by atoms with E-state index in [0.717, 1.165) is 30.6 Å². The number of aryl methyl sites for hydroxylation is 4. The van der Waals surface area contributed by atoms with E-state index < -0.39 is 0 Å². The highest BCUT2D eigenvalue weighted by Gasteiger charge is 2.25. The predicted molar refractivity (Wildman–Crippen MR) is 273 cm³/mol. The molecule has 0 heterocycles. The molecule has 0 saturated heterocycles. The van der Waals surface area contributed by atoms with Gasteiger partial charge in [0, 0.05) is 39.4 Å². The van der Waals surface area contributed by atoms with Crippen molar-refractivity contribution in [1.82, 2.24) is 0 Å². The first-order valence-electron chi connectivity index (χ1n) is 22.8. The zero-order chi connectivity index (χ0) is 43.3. The number of benzene rings is 8. The summed E-state index contributed by atoms with van der Waals surface area (Å²) in [6, 6.07) is 50.2. The highest BCUT2D eigenvalue weighted by Crippen LogP contribution is 2.50. The van der Waals surface area contributed by atoms with Crippen molar-refractivity contribution in [1.29, 1.82) is 0 Å². The molecule has 310 valence electrons. The molecule has 2 nitrogen and oxygen atoms in total. The topological polar surface area (TPSA) is 6.48 Å². The largest absolute Gasteiger partial charge is 0.310 e. The van der Waals surface area contributed by atoms with E-state index in [1.165, 1.54) is 94.0 Å². The summed E-state index contributed by atoms with van der Waals surface area (Å²) in [5.74, 6) is 0.375. The SMILES string of the molecule is CC.CC.Cc1ccc(C2=CCC=C2)cc1N(c1ccccc1)c1cc(C)c2ccc3c(N(c4ccccc4)c4cc(C5C=CC=CCC5)ccc4C)cc(C)c4ccc1c2c43. The fraction of sp³-hybridized carbons (Fsp3) is 0.200. The Morgan fingerprint density at radius 3 is 1.55 bits per heavy atom. The third-order valence-electron chi connectivity index (χ3n) is 12.5. The van der Waals surface area contributed by atoms with Crippen LogP contribution in [0, 0.1) is 27.7 Å². The third-order valence-corrected chi connectivity index (χ3v) is 12.5. The second-order valence-electron chi connectivity index (χ2n) is 16.2. The standard InChI is InChI=1S/C56H48N2.2C2H6/c1-37-25-27-43(41-17-9-5-6-10-18-41)35-51(37)57(45-21-11-7-12-22-45)53-33-39(3)47-30-32-50-54(34-40(4)48-29-31-49(53)55(47)56(48)50)58(46-23-13-8-14-24-46)52-36-44(28-26-38(52)2)42-19-15-16-20-42;2*1-2/h5-9,11-15,17,19-36,41H,10,16,18H2,1-4H3;2*1-2H3. The minimum Gasteiger partial charge on any atom is -0.310 e. The van der Waals surface area contributed by atoms with Crippen molar-refractivity contribution in [2.75, 3.05) is 9.80 Å². The molecule has 0 fully saturated rings. The summed E-state index contributed by atoms with van der Waals surface area (Å²) >= 11 is 0. The van der Waals surface area contributed by atoms with Gasteiger partial charge in [-0.15, -0.1) is 0 Å². The summed E-state index contributed by atoms with van der Waals surface area (Å²) in [6.45, 7) is 17.1. The normalized spacial score (nSPS) is 14.3. The second-order valence-corrected chi connectivity index (χ2v) is 16.2. The lowest BCUT2D eigenvalue weighted by atomic mass is 9.88. The van der Waals surface area contributed by atoms with Crippen molar-refractivity contribution >= 4 is 72.0 Å². The Labute approximate surface area is 370 Å². The number of anilines is 6. The number of hydrogen-bond acceptors (Lipinski definition) is 2. The number of para-hydroxylation sites is 2. The van der Waals surface area contributed by atoms with Gasteiger partial charge in [0.1, 0.15) is 0 Å². The average Bonchev–Trinajstić information content (AvgIpc) is 3.73. The lowest BCUT2D eigenvalue weighted by molar-refractivity contribution is 0.756. The average molecular weight is 809 g/mol. The van der Waals surface area contributed by atoms with E-state index in [9.17, 15) is 0 Å². The van der Waals surface area contributed by atoms with E-state index in [2.05, 4.69) is 213 Å². The number of hydrogen-bond donors (Lipinski definition) is 0. The van der Waals surface area contributed by atoms with E-state index in [-0.39, 0.29) is 0 Å². The maximum atomic E-state index is 2.52. The van der Waals surface area contributed by atoms with Gasteiger partial charge in [-0.1, -0.05) is 155 Å². The molecule has 0 aliphatic heterocycles. The summed E-state index contributed by atoms with van der Waals surface area (Å²) in [6.07, 6.45) is 19.1. The van der Waals surface area contributed by atoms with E-state index in [4.69, 9.17) is 0 Å². The molecule has 1 atom stereocenters. The van der Waals surface area contributed by atoms with Crippen LogP contribution in [0.1, 0.15) is 86.3 Å². The molecular formula is C60H60N2. The van der Waals surface area contributed by atoms with Crippen LogP contribution in [0.25, 0.3) is 37.9 Å². The van der Waals surface area contributed by atoms with E-state index in [1.807, 2.05) is 27.7 Å². The van der Waals surface area contributed by atoms with E-state index >= 15 is 0 Å². The maximum Gasteiger partial charge on any atom is 0.0543 e. The third kappa shape index (κ3) is 7.75. The summed E-state index contributed by atoms with van der Waals surface area (Å²) < 4.78 is 0. The van der Waals surface area contributed by atoms with Gasteiger partial charge in [0.05, 0.1) is 11.4 Å². The Morgan fingerprint density at radius 1 is 0.468 bits per heavy atom. The van der Waals surface area contributed by atoms with Crippen LogP contribution in [0.5, 0.6) is 0 Å². The lowest BCUT2D eigenvalue weighted by Crippen LogP contribution is -2.14. The van der Waals surface area contributed by atoms with Gasteiger partial charge in [0.15, 0.2) is 0 Å². The van der Waals surface area contributed by atoms with Crippen molar-refractivity contribution in [3.8, 4) is 0 Å². The van der Waals surface area contributed by atoms with Crippen molar-refractivity contribution in [3.63, 3.8) is 0 Å². The van der Waals surface area contributed by atoms with Gasteiger partial charge in [0.2, 0.25) is 0 Å². The molecular weight excluding hydrogens is 749 g/mol. The number of allylic oxidation sites excluding steroid dienone is 8.